The minimum atomic E-state index is -4.54. The van der Waals surface area contributed by atoms with Gasteiger partial charge in [-0.3, -0.25) is 9.59 Å². The molecule has 0 spiro atoms. The molecule has 0 saturated heterocycles. The predicted molar refractivity (Wildman–Crippen MR) is 101 cm³/mol. The van der Waals surface area contributed by atoms with Crippen molar-refractivity contribution in [1.82, 2.24) is 9.44 Å². The van der Waals surface area contributed by atoms with E-state index in [1.165, 1.54) is 16.4 Å². The zero-order chi connectivity index (χ0) is 23.3. The lowest BCUT2D eigenvalue weighted by molar-refractivity contribution is 0.0978. The van der Waals surface area contributed by atoms with Crippen molar-refractivity contribution in [2.45, 2.75) is 16.7 Å². The Bertz CT molecular complexity index is 1410. The monoisotopic (exact) mass is 468 g/mol. The highest BCUT2D eigenvalue weighted by atomic mass is 32.2. The van der Waals surface area contributed by atoms with Crippen molar-refractivity contribution < 1.29 is 46.2 Å². The molecule has 12 nitrogen and oxygen atoms in total. The molecule has 1 aliphatic rings. The van der Waals surface area contributed by atoms with Crippen molar-refractivity contribution in [2.75, 3.05) is 0 Å². The molecule has 162 valence electrons. The number of hydrogen-bond acceptors (Lipinski definition) is 8. The molecule has 14 heteroatoms. The molecule has 0 bridgehead atoms. The predicted octanol–water partition coefficient (Wildman–Crippen LogP) is 0.683. The number of nitrogens with one attached hydrogen (secondary N) is 2. The van der Waals surface area contributed by atoms with Gasteiger partial charge in [0.05, 0.1) is 9.79 Å². The maximum atomic E-state index is 13.0. The van der Waals surface area contributed by atoms with Crippen LogP contribution in [0.25, 0.3) is 0 Å². The van der Waals surface area contributed by atoms with Crippen molar-refractivity contribution in [2.24, 2.45) is 0 Å². The highest BCUT2D eigenvalue weighted by Gasteiger charge is 2.35. The summed E-state index contributed by atoms with van der Waals surface area (Å²) in [5.41, 5.74) is -1.20. The van der Waals surface area contributed by atoms with Gasteiger partial charge >= 0.3 is 12.2 Å². The summed E-state index contributed by atoms with van der Waals surface area (Å²) in [7, 11) is -9.05. The number of carbonyl (C=O) groups is 4. The van der Waals surface area contributed by atoms with Crippen molar-refractivity contribution in [3.05, 3.63) is 58.1 Å². The van der Waals surface area contributed by atoms with Crippen molar-refractivity contribution in [3.63, 3.8) is 0 Å². The number of ketones is 2. The second-order valence-corrected chi connectivity index (χ2v) is 9.63. The molecule has 4 N–H and O–H groups in total. The Kier molecular flexibility index (Phi) is 5.07. The van der Waals surface area contributed by atoms with Crippen LogP contribution in [-0.4, -0.2) is 50.8 Å². The summed E-state index contributed by atoms with van der Waals surface area (Å²) >= 11 is 0. The molecular formula is C17H12N2O10S2. The lowest BCUT2D eigenvalue weighted by Gasteiger charge is -2.21. The molecule has 0 radical (unpaired) electrons. The van der Waals surface area contributed by atoms with Crippen LogP contribution >= 0.6 is 0 Å². The summed E-state index contributed by atoms with van der Waals surface area (Å²) < 4.78 is 51.2. The van der Waals surface area contributed by atoms with E-state index in [2.05, 4.69) is 0 Å². The van der Waals surface area contributed by atoms with Gasteiger partial charge in [0.1, 0.15) is 0 Å². The number of carboxylic acid groups (broad SMARTS) is 2. The SMILES string of the molecule is Cc1c(S(=O)(=O)NC(=O)O)ccc2c1C(=O)c1ccc(S(=O)(=O)NC(=O)O)cc1C2=O. The summed E-state index contributed by atoms with van der Waals surface area (Å²) in [4.78, 5) is 46.2. The average molecular weight is 468 g/mol. The largest absolute Gasteiger partial charge is 0.464 e. The maximum absolute atomic E-state index is 13.0. The van der Waals surface area contributed by atoms with Crippen molar-refractivity contribution in [3.8, 4) is 0 Å². The maximum Gasteiger partial charge on any atom is 0.418 e. The number of carbonyl (C=O) groups excluding carboxylic acids is 2. The minimum absolute atomic E-state index is 0.167. The molecule has 0 fully saturated rings. The lowest BCUT2D eigenvalue weighted by Crippen LogP contribution is -2.31. The molecule has 0 heterocycles. The Morgan fingerprint density at radius 2 is 1.32 bits per heavy atom. The van der Waals surface area contributed by atoms with E-state index in [1.54, 1.807) is 0 Å². The van der Waals surface area contributed by atoms with Crippen molar-refractivity contribution >= 4 is 43.8 Å². The fourth-order valence-electron chi connectivity index (χ4n) is 3.17. The summed E-state index contributed by atoms with van der Waals surface area (Å²) in [5, 5.41) is 17.4. The Labute approximate surface area is 174 Å². The Morgan fingerprint density at radius 3 is 1.90 bits per heavy atom. The molecule has 0 saturated carbocycles. The molecule has 2 aromatic rings. The second kappa shape index (κ2) is 7.17. The highest BCUT2D eigenvalue weighted by Crippen LogP contribution is 2.33. The third-order valence-corrected chi connectivity index (χ3v) is 7.19. The van der Waals surface area contributed by atoms with Crippen LogP contribution in [0.15, 0.2) is 40.1 Å². The van der Waals surface area contributed by atoms with Gasteiger partial charge in [-0.05, 0) is 42.8 Å². The van der Waals surface area contributed by atoms with E-state index in [0.29, 0.717) is 0 Å². The van der Waals surface area contributed by atoms with E-state index in [-0.39, 0.29) is 27.8 Å². The van der Waals surface area contributed by atoms with Crippen LogP contribution < -0.4 is 9.44 Å². The van der Waals surface area contributed by atoms with Gasteiger partial charge in [-0.1, -0.05) is 0 Å². The summed E-state index contributed by atoms with van der Waals surface area (Å²) in [6.07, 6.45) is -3.68. The Morgan fingerprint density at radius 1 is 0.774 bits per heavy atom. The summed E-state index contributed by atoms with van der Waals surface area (Å²) in [6, 6.07) is 4.73. The van der Waals surface area contributed by atoms with E-state index in [0.717, 1.165) is 30.3 Å². The van der Waals surface area contributed by atoms with E-state index in [1.807, 2.05) is 0 Å². The van der Waals surface area contributed by atoms with Gasteiger partial charge in [-0.2, -0.15) is 0 Å². The molecule has 1 aliphatic carbocycles. The van der Waals surface area contributed by atoms with Crippen molar-refractivity contribution in [1.29, 1.82) is 0 Å². The minimum Gasteiger partial charge on any atom is -0.464 e. The van der Waals surface area contributed by atoms with Crippen LogP contribution in [0, 0.1) is 6.92 Å². The van der Waals surface area contributed by atoms with E-state index < -0.39 is 53.6 Å². The van der Waals surface area contributed by atoms with Crippen LogP contribution in [-0.2, 0) is 20.0 Å². The van der Waals surface area contributed by atoms with Crippen LogP contribution in [0.5, 0.6) is 0 Å². The summed E-state index contributed by atoms with van der Waals surface area (Å²) in [6.45, 7) is 1.22. The molecule has 0 unspecified atom stereocenters. The first kappa shape index (κ1) is 21.9. The number of fused-ring (bicyclic) bond motifs is 2. The molecule has 0 aromatic heterocycles. The van der Waals surface area contributed by atoms with Gasteiger partial charge in [0.2, 0.25) is 0 Å². The van der Waals surface area contributed by atoms with Gasteiger partial charge in [0, 0.05) is 22.3 Å². The fourth-order valence-corrected chi connectivity index (χ4v) is 5.13. The second-order valence-electron chi connectivity index (χ2n) is 6.30. The van der Waals surface area contributed by atoms with Gasteiger partial charge in [0.25, 0.3) is 20.0 Å². The average Bonchev–Trinajstić information content (AvgIpc) is 2.63. The molecular weight excluding hydrogens is 456 g/mol. The highest BCUT2D eigenvalue weighted by molar-refractivity contribution is 7.90. The molecule has 0 aliphatic heterocycles. The van der Waals surface area contributed by atoms with Crippen LogP contribution in [0.4, 0.5) is 9.59 Å². The quantitative estimate of drug-likeness (QED) is 0.422. The van der Waals surface area contributed by atoms with E-state index >= 15 is 0 Å². The zero-order valence-electron chi connectivity index (χ0n) is 15.4. The van der Waals surface area contributed by atoms with Gasteiger partial charge < -0.3 is 10.2 Å². The standard InChI is InChI=1S/C17H12N2O10S2/c1-7-12(31(28,29)19-17(24)25)5-4-10-13(7)15(21)9-3-2-8(6-11(9)14(10)20)30(26,27)18-16(22)23/h2-6,18-19H,1H3,(H,22,23)(H,24,25). The molecule has 0 atom stereocenters. The number of sulfonamides is 2. The third kappa shape index (κ3) is 3.73. The topological polar surface area (TPSA) is 201 Å². The zero-order valence-corrected chi connectivity index (χ0v) is 17.0. The number of hydrogen-bond donors (Lipinski definition) is 4. The Balaban J connectivity index is 2.18. The number of rotatable bonds is 4. The Hall–Kier alpha value is -3.78. The smallest absolute Gasteiger partial charge is 0.418 e. The van der Waals surface area contributed by atoms with Gasteiger partial charge in [0.15, 0.2) is 11.6 Å². The number of benzene rings is 2. The van der Waals surface area contributed by atoms with Gasteiger partial charge in [-0.15, -0.1) is 0 Å². The molecule has 2 amide bonds. The molecule has 31 heavy (non-hydrogen) atoms. The lowest BCUT2D eigenvalue weighted by atomic mass is 9.82. The first-order valence-electron chi connectivity index (χ1n) is 8.15. The fraction of sp³-hybridized carbons (Fsp3) is 0.0588. The van der Waals surface area contributed by atoms with Gasteiger partial charge in [-0.25, -0.2) is 35.9 Å². The van der Waals surface area contributed by atoms with Crippen LogP contribution in [0.1, 0.15) is 37.4 Å². The normalized spacial score (nSPS) is 13.2. The van der Waals surface area contributed by atoms with E-state index in [4.69, 9.17) is 10.2 Å². The van der Waals surface area contributed by atoms with E-state index in [9.17, 15) is 36.0 Å². The first-order chi connectivity index (χ1) is 14.3. The van der Waals surface area contributed by atoms with Crippen LogP contribution in [0.2, 0.25) is 0 Å². The molecule has 2 aromatic carbocycles. The third-order valence-electron chi connectivity index (χ3n) is 4.41. The van der Waals surface area contributed by atoms with Crippen LogP contribution in [0.3, 0.4) is 0 Å². The molecule has 3 rings (SSSR count). The summed E-state index contributed by atoms with van der Waals surface area (Å²) in [5.74, 6) is -1.58. The number of amides is 2. The first-order valence-corrected chi connectivity index (χ1v) is 11.1.